The zero-order chi connectivity index (χ0) is 13.9. The molecule has 0 aromatic rings. The van der Waals surface area contributed by atoms with Gasteiger partial charge in [0.15, 0.2) is 16.6 Å². The van der Waals surface area contributed by atoms with Crippen LogP contribution in [0.5, 0.6) is 0 Å². The van der Waals surface area contributed by atoms with Gasteiger partial charge < -0.3 is 12.7 Å². The Kier molecular flexibility index (Phi) is 6.54. The molecule has 3 nitrogen and oxygen atoms in total. The van der Waals surface area contributed by atoms with Crippen molar-refractivity contribution < 1.29 is 12.7 Å². The monoisotopic (exact) mass is 309 g/mol. The third kappa shape index (κ3) is 10.4. The highest BCUT2D eigenvalue weighted by molar-refractivity contribution is 6.85. The van der Waals surface area contributed by atoms with E-state index in [9.17, 15) is 0 Å². The van der Waals surface area contributed by atoms with Gasteiger partial charge in [-0.15, -0.1) is 0 Å². The van der Waals surface area contributed by atoms with Gasteiger partial charge in [-0.1, -0.05) is 13.1 Å². The standard InChI is InChI=1S/C10H29O3Si4/c1-14(2)10-11-17(9,12-15(3,4)5)13-16(6,7)8/h10H2,1-9H3. The van der Waals surface area contributed by atoms with Crippen molar-refractivity contribution in [2.24, 2.45) is 0 Å². The first-order valence-corrected chi connectivity index (χ1v) is 17.9. The molecule has 0 spiro atoms. The summed E-state index contributed by atoms with van der Waals surface area (Å²) in [5.41, 5.74) is 0. The van der Waals surface area contributed by atoms with Gasteiger partial charge in [-0.05, 0) is 39.3 Å². The van der Waals surface area contributed by atoms with Crippen LogP contribution < -0.4 is 0 Å². The van der Waals surface area contributed by atoms with Crippen molar-refractivity contribution in [2.75, 3.05) is 6.23 Å². The summed E-state index contributed by atoms with van der Waals surface area (Å²) in [4.78, 5) is 0. The number of hydrogen-bond acceptors (Lipinski definition) is 3. The van der Waals surface area contributed by atoms with Crippen LogP contribution in [0, 0.1) is 0 Å². The van der Waals surface area contributed by atoms with Crippen molar-refractivity contribution >= 4 is 34.2 Å². The lowest BCUT2D eigenvalue weighted by Crippen LogP contribution is -2.55. The summed E-state index contributed by atoms with van der Waals surface area (Å²) in [6.07, 6.45) is 0.822. The lowest BCUT2D eigenvalue weighted by Gasteiger charge is -2.37. The van der Waals surface area contributed by atoms with Crippen LogP contribution in [0.2, 0.25) is 58.9 Å². The van der Waals surface area contributed by atoms with Gasteiger partial charge in [-0.25, -0.2) is 0 Å². The van der Waals surface area contributed by atoms with E-state index in [4.69, 9.17) is 12.7 Å². The second-order valence-electron chi connectivity index (χ2n) is 6.79. The summed E-state index contributed by atoms with van der Waals surface area (Å²) in [5, 5.41) is 0. The molecule has 0 aliphatic rings. The van der Waals surface area contributed by atoms with Gasteiger partial charge in [0.25, 0.3) is 0 Å². The minimum Gasteiger partial charge on any atom is -0.417 e. The van der Waals surface area contributed by atoms with Crippen LogP contribution in [0.3, 0.4) is 0 Å². The first-order chi connectivity index (χ1) is 7.33. The van der Waals surface area contributed by atoms with Gasteiger partial charge in [0.2, 0.25) is 0 Å². The fourth-order valence-corrected chi connectivity index (χ4v) is 13.6. The van der Waals surface area contributed by atoms with Crippen molar-refractivity contribution in [1.29, 1.82) is 0 Å². The van der Waals surface area contributed by atoms with Crippen molar-refractivity contribution in [3.8, 4) is 0 Å². The molecule has 0 bridgehead atoms. The van der Waals surface area contributed by atoms with E-state index in [1.807, 2.05) is 0 Å². The summed E-state index contributed by atoms with van der Waals surface area (Å²) in [5.74, 6) is 0. The molecule has 0 fully saturated rings. The second-order valence-corrected chi connectivity index (χ2v) is 21.6. The summed E-state index contributed by atoms with van der Waals surface area (Å²) in [6, 6.07) is 0. The molecule has 0 rings (SSSR count). The van der Waals surface area contributed by atoms with Gasteiger partial charge in [-0.2, -0.15) is 0 Å². The van der Waals surface area contributed by atoms with Gasteiger partial charge >= 0.3 is 8.80 Å². The van der Waals surface area contributed by atoms with E-state index in [0.717, 1.165) is 6.23 Å². The molecule has 0 aliphatic carbocycles. The topological polar surface area (TPSA) is 27.7 Å². The molecule has 0 N–H and O–H groups in total. The third-order valence-corrected chi connectivity index (χ3v) is 11.2. The highest BCUT2D eigenvalue weighted by Gasteiger charge is 2.43. The van der Waals surface area contributed by atoms with Crippen LogP contribution in [-0.4, -0.2) is 40.5 Å². The molecule has 0 saturated carbocycles. The molecule has 0 aromatic heterocycles. The van der Waals surface area contributed by atoms with Crippen LogP contribution in [0.1, 0.15) is 0 Å². The Morgan fingerprint density at radius 3 is 1.35 bits per heavy atom. The van der Waals surface area contributed by atoms with E-state index in [1.54, 1.807) is 0 Å². The van der Waals surface area contributed by atoms with Gasteiger partial charge in [-0.3, -0.25) is 0 Å². The Balaban J connectivity index is 4.69. The molecule has 7 heteroatoms. The minimum absolute atomic E-state index is 0.394. The fourth-order valence-electron chi connectivity index (χ4n) is 1.47. The minimum atomic E-state index is -2.43. The maximum atomic E-state index is 6.24. The highest BCUT2D eigenvalue weighted by atomic mass is 28.5. The zero-order valence-electron chi connectivity index (χ0n) is 12.9. The zero-order valence-corrected chi connectivity index (χ0v) is 16.9. The Labute approximate surface area is 112 Å². The molecule has 103 valence electrons. The van der Waals surface area contributed by atoms with Gasteiger partial charge in [0.1, 0.15) is 0 Å². The molecule has 0 saturated heterocycles. The Morgan fingerprint density at radius 1 is 0.765 bits per heavy atom. The van der Waals surface area contributed by atoms with Crippen LogP contribution in [0.4, 0.5) is 0 Å². The smallest absolute Gasteiger partial charge is 0.417 e. The van der Waals surface area contributed by atoms with Crippen LogP contribution in [-0.2, 0) is 12.7 Å². The number of rotatable bonds is 7. The van der Waals surface area contributed by atoms with Crippen LogP contribution >= 0.6 is 0 Å². The molecule has 0 unspecified atom stereocenters. The highest BCUT2D eigenvalue weighted by Crippen LogP contribution is 2.21. The third-order valence-electron chi connectivity index (χ3n) is 1.61. The van der Waals surface area contributed by atoms with Crippen molar-refractivity contribution in [2.45, 2.75) is 58.9 Å². The maximum Gasteiger partial charge on any atom is 0.476 e. The summed E-state index contributed by atoms with van der Waals surface area (Å²) < 4.78 is 18.5. The van der Waals surface area contributed by atoms with Crippen LogP contribution in [0.25, 0.3) is 0 Å². The average Bonchev–Trinajstić information content (AvgIpc) is 1.93. The Morgan fingerprint density at radius 2 is 1.12 bits per heavy atom. The number of hydrogen-bond donors (Lipinski definition) is 0. The predicted octanol–water partition coefficient (Wildman–Crippen LogP) is 3.57. The molecule has 17 heavy (non-hydrogen) atoms. The quantitative estimate of drug-likeness (QED) is 0.673. The molecule has 0 aliphatic heterocycles. The van der Waals surface area contributed by atoms with E-state index < -0.39 is 34.2 Å². The van der Waals surface area contributed by atoms with Crippen molar-refractivity contribution in [1.82, 2.24) is 0 Å². The van der Waals surface area contributed by atoms with Gasteiger partial charge in [0, 0.05) is 12.8 Å². The largest absolute Gasteiger partial charge is 0.476 e. The molecular formula is C10H29O3Si4. The Bertz CT molecular complexity index is 217. The first-order valence-electron chi connectivity index (χ1n) is 6.16. The molecule has 1 radical (unpaired) electrons. The second kappa shape index (κ2) is 6.26. The van der Waals surface area contributed by atoms with E-state index in [1.165, 1.54) is 0 Å². The normalized spacial score (nSPS) is 14.5. The average molecular weight is 310 g/mol. The molecule has 0 amide bonds. The van der Waals surface area contributed by atoms with Gasteiger partial charge in [0.05, 0.1) is 8.80 Å². The van der Waals surface area contributed by atoms with Crippen LogP contribution in [0.15, 0.2) is 0 Å². The Hall–Kier alpha value is 0.748. The van der Waals surface area contributed by atoms with E-state index in [0.29, 0.717) is 0 Å². The molecular weight excluding hydrogens is 280 g/mol. The molecule has 0 atom stereocenters. The lowest BCUT2D eigenvalue weighted by molar-refractivity contribution is 0.195. The lowest BCUT2D eigenvalue weighted by atomic mass is 11.7. The predicted molar refractivity (Wildman–Crippen MR) is 83.9 cm³/mol. The maximum absolute atomic E-state index is 6.24. The van der Waals surface area contributed by atoms with E-state index in [2.05, 4.69) is 58.9 Å². The first kappa shape index (κ1) is 17.7. The summed E-state index contributed by atoms with van der Waals surface area (Å²) >= 11 is 0. The van der Waals surface area contributed by atoms with E-state index >= 15 is 0 Å². The van der Waals surface area contributed by atoms with Crippen molar-refractivity contribution in [3.05, 3.63) is 0 Å². The summed E-state index contributed by atoms with van der Waals surface area (Å²) in [6.45, 7) is 19.7. The molecule has 0 aromatic carbocycles. The summed E-state index contributed by atoms with van der Waals surface area (Å²) in [7, 11) is -6.07. The van der Waals surface area contributed by atoms with Crippen molar-refractivity contribution in [3.63, 3.8) is 0 Å². The van der Waals surface area contributed by atoms with E-state index in [-0.39, 0.29) is 0 Å². The fraction of sp³-hybridized carbons (Fsp3) is 1.00. The SMILES string of the molecule is C[Si](C)CO[Si](C)(O[Si](C)(C)C)O[Si](C)(C)C. The molecule has 0 heterocycles.